The molecule has 0 aliphatic rings. The number of amides is 2. The van der Waals surface area contributed by atoms with Crippen LogP contribution in [0.5, 0.6) is 0 Å². The second-order valence-electron chi connectivity index (χ2n) is 9.77. The minimum absolute atomic E-state index is 0.0116. The van der Waals surface area contributed by atoms with E-state index in [2.05, 4.69) is 10.1 Å². The minimum atomic E-state index is -4.87. The molecular weight excluding hydrogens is 615 g/mol. The molecule has 0 spiro atoms. The molecule has 10 nitrogen and oxygen atoms in total. The molecule has 0 fully saturated rings. The van der Waals surface area contributed by atoms with E-state index in [-0.39, 0.29) is 42.3 Å². The summed E-state index contributed by atoms with van der Waals surface area (Å²) in [7, 11) is -3.08. The topological polar surface area (TPSA) is 145 Å². The number of hydrogen-bond donors (Lipinski definition) is 4. The first-order valence-corrected chi connectivity index (χ1v) is 15.4. The Kier molecular flexibility index (Phi) is 14.2. The van der Waals surface area contributed by atoms with E-state index >= 15 is 0 Å². The van der Waals surface area contributed by atoms with Crippen molar-refractivity contribution in [3.05, 3.63) is 64.7 Å². The molecular formula is C28H37ClF3N3O7S. The number of alkyl carbamates (subject to hydrolysis) is 1. The fourth-order valence-electron chi connectivity index (χ4n) is 4.39. The SMILES string of the molecule is CCCN([C@H](CO)CCC[C@@H](NC(=O)[C@H](Cc1ccccc1Cl)NC(=O)OC)C(F)(F)F)S(=O)(=O)c1ccc(CO)cc1. The molecule has 2 aromatic rings. The highest BCUT2D eigenvalue weighted by Crippen LogP contribution is 2.27. The molecule has 0 saturated carbocycles. The molecule has 4 N–H and O–H groups in total. The van der Waals surface area contributed by atoms with E-state index in [1.807, 2.05) is 5.32 Å². The predicted octanol–water partition coefficient (Wildman–Crippen LogP) is 3.78. The molecule has 0 bridgehead atoms. The lowest BCUT2D eigenvalue weighted by Crippen LogP contribution is -2.54. The Balaban J connectivity index is 2.19. The third-order valence-corrected chi connectivity index (χ3v) is 9.03. The summed E-state index contributed by atoms with van der Waals surface area (Å²) in [5, 5.41) is 23.7. The highest BCUT2D eigenvalue weighted by Gasteiger charge is 2.42. The number of methoxy groups -OCH3 is 1. The van der Waals surface area contributed by atoms with Gasteiger partial charge < -0.3 is 25.6 Å². The lowest BCUT2D eigenvalue weighted by molar-refractivity contribution is -0.163. The zero-order valence-electron chi connectivity index (χ0n) is 23.8. The lowest BCUT2D eigenvalue weighted by atomic mass is 10.0. The van der Waals surface area contributed by atoms with Gasteiger partial charge in [0, 0.05) is 24.0 Å². The molecule has 3 atom stereocenters. The number of ether oxygens (including phenoxy) is 1. The number of hydrogen-bond acceptors (Lipinski definition) is 7. The summed E-state index contributed by atoms with van der Waals surface area (Å²) in [6.07, 6.45) is -6.66. The van der Waals surface area contributed by atoms with Gasteiger partial charge in [-0.1, -0.05) is 48.9 Å². The van der Waals surface area contributed by atoms with Gasteiger partial charge in [-0.05, 0) is 55.0 Å². The Labute approximate surface area is 254 Å². The van der Waals surface area contributed by atoms with Crippen molar-refractivity contribution >= 4 is 33.6 Å². The van der Waals surface area contributed by atoms with Crippen molar-refractivity contribution in [2.75, 3.05) is 20.3 Å². The smallest absolute Gasteiger partial charge is 0.408 e. The third kappa shape index (κ3) is 10.6. The maximum Gasteiger partial charge on any atom is 0.408 e. The van der Waals surface area contributed by atoms with E-state index in [9.17, 15) is 41.4 Å². The van der Waals surface area contributed by atoms with Gasteiger partial charge in [-0.25, -0.2) is 13.2 Å². The van der Waals surface area contributed by atoms with Gasteiger partial charge in [0.1, 0.15) is 12.1 Å². The number of nitrogens with zero attached hydrogens (tertiary/aromatic N) is 1. The van der Waals surface area contributed by atoms with Crippen molar-refractivity contribution in [2.24, 2.45) is 0 Å². The van der Waals surface area contributed by atoms with Crippen LogP contribution in [0.15, 0.2) is 53.4 Å². The molecule has 15 heteroatoms. The van der Waals surface area contributed by atoms with Gasteiger partial charge in [-0.3, -0.25) is 4.79 Å². The Hall–Kier alpha value is -2.91. The van der Waals surface area contributed by atoms with Crippen molar-refractivity contribution in [1.29, 1.82) is 0 Å². The molecule has 240 valence electrons. The highest BCUT2D eigenvalue weighted by molar-refractivity contribution is 7.89. The van der Waals surface area contributed by atoms with Gasteiger partial charge in [0.2, 0.25) is 15.9 Å². The molecule has 0 heterocycles. The Bertz CT molecular complexity index is 1300. The molecule has 43 heavy (non-hydrogen) atoms. The summed E-state index contributed by atoms with van der Waals surface area (Å²) >= 11 is 6.13. The van der Waals surface area contributed by atoms with Crippen molar-refractivity contribution < 1.29 is 46.1 Å². The van der Waals surface area contributed by atoms with E-state index in [4.69, 9.17) is 11.6 Å². The normalized spacial score (nSPS) is 14.2. The molecule has 0 radical (unpaired) electrons. The monoisotopic (exact) mass is 651 g/mol. The van der Waals surface area contributed by atoms with Gasteiger partial charge in [0.05, 0.1) is 25.2 Å². The molecule has 0 aliphatic carbocycles. The number of rotatable bonds is 16. The van der Waals surface area contributed by atoms with Gasteiger partial charge in [-0.15, -0.1) is 0 Å². The summed E-state index contributed by atoms with van der Waals surface area (Å²) in [5.74, 6) is -1.12. The number of halogens is 4. The zero-order valence-corrected chi connectivity index (χ0v) is 25.4. The van der Waals surface area contributed by atoms with Gasteiger partial charge in [-0.2, -0.15) is 17.5 Å². The van der Waals surface area contributed by atoms with Crippen LogP contribution in [0.4, 0.5) is 18.0 Å². The first-order chi connectivity index (χ1) is 20.3. The standard InChI is InChI=1S/C28H37ClF3N3O7S/c1-3-15-35(43(40,41)22-13-11-19(17-36)12-14-22)21(18-37)8-6-10-25(28(30,31)32)34-26(38)24(33-27(39)42-2)16-20-7-4-5-9-23(20)29/h4-5,7,9,11-14,21,24-25,36-37H,3,6,8,10,15-18H2,1-2H3,(H,33,39)(H,34,38)/t21-,24-,25+/m0/s1. The second kappa shape index (κ2) is 16.8. The summed E-state index contributed by atoms with van der Waals surface area (Å²) in [6.45, 7) is 0.814. The predicted molar refractivity (Wildman–Crippen MR) is 154 cm³/mol. The number of aliphatic hydroxyl groups excluding tert-OH is 2. The zero-order chi connectivity index (χ0) is 32.2. The second-order valence-corrected chi connectivity index (χ2v) is 12.1. The molecule has 0 unspecified atom stereocenters. The quantitative estimate of drug-likeness (QED) is 0.216. The molecule has 0 aliphatic heterocycles. The lowest BCUT2D eigenvalue weighted by Gasteiger charge is -2.30. The third-order valence-electron chi connectivity index (χ3n) is 6.69. The van der Waals surface area contributed by atoms with Crippen LogP contribution in [0.25, 0.3) is 0 Å². The number of benzene rings is 2. The largest absolute Gasteiger partial charge is 0.453 e. The molecule has 2 rings (SSSR count). The van der Waals surface area contributed by atoms with Crippen LogP contribution in [0.3, 0.4) is 0 Å². The number of nitrogens with one attached hydrogen (secondary N) is 2. The highest BCUT2D eigenvalue weighted by atomic mass is 35.5. The van der Waals surface area contributed by atoms with E-state index in [1.165, 1.54) is 30.3 Å². The maximum atomic E-state index is 14.0. The Morgan fingerprint density at radius 2 is 1.70 bits per heavy atom. The average Bonchev–Trinajstić information content (AvgIpc) is 2.97. The van der Waals surface area contributed by atoms with Gasteiger partial charge in [0.15, 0.2) is 0 Å². The van der Waals surface area contributed by atoms with E-state index in [1.54, 1.807) is 25.1 Å². The molecule has 2 amide bonds. The van der Waals surface area contributed by atoms with Gasteiger partial charge in [0.25, 0.3) is 0 Å². The van der Waals surface area contributed by atoms with Crippen molar-refractivity contribution in [1.82, 2.24) is 14.9 Å². The van der Waals surface area contributed by atoms with E-state index in [0.717, 1.165) is 11.4 Å². The maximum absolute atomic E-state index is 14.0. The van der Waals surface area contributed by atoms with Gasteiger partial charge >= 0.3 is 12.3 Å². The fraction of sp³-hybridized carbons (Fsp3) is 0.500. The molecule has 0 saturated heterocycles. The Morgan fingerprint density at radius 3 is 2.23 bits per heavy atom. The van der Waals surface area contributed by atoms with Crippen LogP contribution in [-0.4, -0.2) is 79.5 Å². The first-order valence-electron chi connectivity index (χ1n) is 13.6. The van der Waals surface area contributed by atoms with E-state index in [0.29, 0.717) is 17.5 Å². The van der Waals surface area contributed by atoms with Crippen LogP contribution >= 0.6 is 11.6 Å². The number of carbonyl (C=O) groups excluding carboxylic acids is 2. The first kappa shape index (κ1) is 36.3. The van der Waals surface area contributed by atoms with Crippen LogP contribution in [0.2, 0.25) is 5.02 Å². The number of sulfonamides is 1. The van der Waals surface area contributed by atoms with Crippen LogP contribution in [0, 0.1) is 0 Å². The average molecular weight is 652 g/mol. The summed E-state index contributed by atoms with van der Waals surface area (Å²) in [5.41, 5.74) is 0.911. The fourth-order valence-corrected chi connectivity index (χ4v) is 6.34. The van der Waals surface area contributed by atoms with Crippen molar-refractivity contribution in [2.45, 2.75) is 74.8 Å². The summed E-state index contributed by atoms with van der Waals surface area (Å²) < 4.78 is 74.3. The summed E-state index contributed by atoms with van der Waals surface area (Å²) in [6, 6.07) is 7.07. The number of carbonyl (C=O) groups is 2. The van der Waals surface area contributed by atoms with Crippen molar-refractivity contribution in [3.8, 4) is 0 Å². The molecule has 0 aromatic heterocycles. The molecule has 2 aromatic carbocycles. The Morgan fingerprint density at radius 1 is 1.05 bits per heavy atom. The van der Waals surface area contributed by atoms with E-state index < -0.39 is 59.4 Å². The minimum Gasteiger partial charge on any atom is -0.453 e. The van der Waals surface area contributed by atoms with Crippen LogP contribution < -0.4 is 10.6 Å². The number of alkyl halides is 3. The van der Waals surface area contributed by atoms with Crippen LogP contribution in [0.1, 0.15) is 43.7 Å². The summed E-state index contributed by atoms with van der Waals surface area (Å²) in [4.78, 5) is 24.7. The van der Waals surface area contributed by atoms with Crippen molar-refractivity contribution in [3.63, 3.8) is 0 Å². The van der Waals surface area contributed by atoms with Crippen LogP contribution in [-0.2, 0) is 32.6 Å². The number of aliphatic hydroxyl groups is 2.